The first-order valence-electron chi connectivity index (χ1n) is 9.99. The van der Waals surface area contributed by atoms with Crippen LogP contribution in [-0.4, -0.2) is 36.2 Å². The summed E-state index contributed by atoms with van der Waals surface area (Å²) in [6.45, 7) is 21.2. The second-order valence-electron chi connectivity index (χ2n) is 9.63. The first-order valence-corrected chi connectivity index (χ1v) is 9.99. The van der Waals surface area contributed by atoms with Crippen molar-refractivity contribution in [3.8, 4) is 5.75 Å². The van der Waals surface area contributed by atoms with Gasteiger partial charge in [-0.3, -0.25) is 4.90 Å². The molecule has 2 N–H and O–H groups in total. The van der Waals surface area contributed by atoms with Gasteiger partial charge in [0.25, 0.3) is 0 Å². The molecule has 1 atom stereocenters. The molecule has 1 saturated heterocycles. The summed E-state index contributed by atoms with van der Waals surface area (Å²) >= 11 is 0. The maximum Gasteiger partial charge on any atom is 0.123 e. The normalized spacial score (nSPS) is 17.9. The average Bonchev–Trinajstić information content (AvgIpc) is 2.55. The summed E-state index contributed by atoms with van der Waals surface area (Å²) in [6, 6.07) is 4.87. The molecule has 2 rings (SSSR count). The van der Waals surface area contributed by atoms with Crippen molar-refractivity contribution in [2.24, 2.45) is 0 Å². The molecule has 0 unspecified atom stereocenters. The number of piperazine rings is 1. The van der Waals surface area contributed by atoms with Gasteiger partial charge in [0.2, 0.25) is 0 Å². The van der Waals surface area contributed by atoms with Gasteiger partial charge in [-0.05, 0) is 52.5 Å². The van der Waals surface area contributed by atoms with E-state index >= 15 is 0 Å². The number of hydrogen-bond acceptors (Lipinski definition) is 3. The van der Waals surface area contributed by atoms with Crippen molar-refractivity contribution in [3.05, 3.63) is 41.5 Å². The minimum atomic E-state index is -0.0907. The first-order chi connectivity index (χ1) is 12.1. The molecule has 1 aliphatic heterocycles. The van der Waals surface area contributed by atoms with Crippen molar-refractivity contribution >= 4 is 0 Å². The third-order valence-corrected chi connectivity index (χ3v) is 5.37. The molecule has 3 heteroatoms. The lowest BCUT2D eigenvalue weighted by Crippen LogP contribution is -2.45. The smallest absolute Gasteiger partial charge is 0.123 e. The monoisotopic (exact) mass is 358 g/mol. The van der Waals surface area contributed by atoms with Gasteiger partial charge in [-0.2, -0.15) is 0 Å². The summed E-state index contributed by atoms with van der Waals surface area (Å²) in [5.41, 5.74) is 3.26. The summed E-state index contributed by atoms with van der Waals surface area (Å²) in [6.07, 6.45) is 4.09. The van der Waals surface area contributed by atoms with Crippen LogP contribution in [-0.2, 0) is 10.8 Å². The van der Waals surface area contributed by atoms with E-state index in [4.69, 9.17) is 0 Å². The van der Waals surface area contributed by atoms with Gasteiger partial charge in [0.05, 0.1) is 0 Å². The van der Waals surface area contributed by atoms with Crippen molar-refractivity contribution in [1.29, 1.82) is 0 Å². The number of phenolic OH excluding ortho intramolecular Hbond substituents is 1. The SMILES string of the molecule is C=CCC[C@@H](c1cc(C(C)(C)C)c(O)c(C(C)(C)C)c1)N1CCNCC1. The highest BCUT2D eigenvalue weighted by molar-refractivity contribution is 5.50. The minimum Gasteiger partial charge on any atom is -0.507 e. The molecule has 0 aromatic heterocycles. The van der Waals surface area contributed by atoms with Crippen LogP contribution in [0.15, 0.2) is 24.8 Å². The van der Waals surface area contributed by atoms with E-state index in [0.717, 1.165) is 50.1 Å². The molecule has 1 aromatic rings. The highest BCUT2D eigenvalue weighted by Crippen LogP contribution is 2.42. The summed E-state index contributed by atoms with van der Waals surface area (Å²) in [4.78, 5) is 2.59. The zero-order valence-corrected chi connectivity index (χ0v) is 17.7. The molecule has 0 spiro atoms. The van der Waals surface area contributed by atoms with E-state index in [9.17, 15) is 5.11 Å². The van der Waals surface area contributed by atoms with E-state index in [-0.39, 0.29) is 10.8 Å². The molecule has 146 valence electrons. The number of allylic oxidation sites excluding steroid dienone is 1. The largest absolute Gasteiger partial charge is 0.507 e. The van der Waals surface area contributed by atoms with Crippen molar-refractivity contribution in [3.63, 3.8) is 0 Å². The van der Waals surface area contributed by atoms with Gasteiger partial charge < -0.3 is 10.4 Å². The fourth-order valence-corrected chi connectivity index (χ4v) is 3.82. The number of nitrogens with zero attached hydrogens (tertiary/aromatic N) is 1. The number of hydrogen-bond donors (Lipinski definition) is 2. The summed E-state index contributed by atoms with van der Waals surface area (Å²) in [7, 11) is 0. The van der Waals surface area contributed by atoms with Crippen LogP contribution in [0.3, 0.4) is 0 Å². The molecule has 1 aromatic carbocycles. The van der Waals surface area contributed by atoms with E-state index < -0.39 is 0 Å². The quantitative estimate of drug-likeness (QED) is 0.735. The number of phenols is 1. The Balaban J connectivity index is 2.57. The van der Waals surface area contributed by atoms with Crippen LogP contribution in [0.25, 0.3) is 0 Å². The zero-order valence-electron chi connectivity index (χ0n) is 17.7. The number of rotatable bonds is 5. The van der Waals surface area contributed by atoms with E-state index in [1.807, 2.05) is 6.08 Å². The van der Waals surface area contributed by atoms with E-state index in [2.05, 4.69) is 70.5 Å². The van der Waals surface area contributed by atoms with Gasteiger partial charge >= 0.3 is 0 Å². The molecule has 0 amide bonds. The summed E-state index contributed by atoms with van der Waals surface area (Å²) in [5, 5.41) is 14.5. The molecular weight excluding hydrogens is 320 g/mol. The van der Waals surface area contributed by atoms with Crippen molar-refractivity contribution in [2.75, 3.05) is 26.2 Å². The van der Waals surface area contributed by atoms with Crippen molar-refractivity contribution in [2.45, 2.75) is 71.3 Å². The van der Waals surface area contributed by atoms with E-state index in [1.54, 1.807) is 0 Å². The lowest BCUT2D eigenvalue weighted by Gasteiger charge is -2.37. The van der Waals surface area contributed by atoms with Crippen LogP contribution < -0.4 is 5.32 Å². The third-order valence-electron chi connectivity index (χ3n) is 5.37. The standard InChI is InChI=1S/C23H38N2O/c1-8-9-10-20(25-13-11-24-12-14-25)17-15-18(22(2,3)4)21(26)19(16-17)23(5,6)7/h8,15-16,20,24,26H,1,9-14H2,2-7H3/t20-/m0/s1. The third kappa shape index (κ3) is 4.89. The fraction of sp³-hybridized carbons (Fsp3) is 0.652. The molecule has 0 bridgehead atoms. The number of benzene rings is 1. The molecule has 1 heterocycles. The van der Waals surface area contributed by atoms with Gasteiger partial charge in [0.15, 0.2) is 0 Å². The molecule has 0 saturated carbocycles. The topological polar surface area (TPSA) is 35.5 Å². The fourth-order valence-electron chi connectivity index (χ4n) is 3.82. The first kappa shape index (κ1) is 21.0. The Morgan fingerprint density at radius 2 is 1.58 bits per heavy atom. The molecule has 1 aliphatic rings. The molecule has 26 heavy (non-hydrogen) atoms. The second kappa shape index (κ2) is 8.14. The van der Waals surface area contributed by atoms with Gasteiger partial charge in [-0.15, -0.1) is 6.58 Å². The summed E-state index contributed by atoms with van der Waals surface area (Å²) in [5.74, 6) is 0.469. The lowest BCUT2D eigenvalue weighted by atomic mass is 9.77. The Morgan fingerprint density at radius 3 is 2.00 bits per heavy atom. The Labute approximate surface area is 160 Å². The molecule has 0 aliphatic carbocycles. The Kier molecular flexibility index (Phi) is 6.57. The highest BCUT2D eigenvalue weighted by Gasteiger charge is 2.30. The number of aromatic hydroxyl groups is 1. The van der Waals surface area contributed by atoms with Crippen LogP contribution in [0.4, 0.5) is 0 Å². The Morgan fingerprint density at radius 1 is 1.08 bits per heavy atom. The van der Waals surface area contributed by atoms with Gasteiger partial charge in [-0.25, -0.2) is 0 Å². The number of nitrogens with one attached hydrogen (secondary N) is 1. The highest BCUT2D eigenvalue weighted by atomic mass is 16.3. The minimum absolute atomic E-state index is 0.0907. The van der Waals surface area contributed by atoms with Crippen LogP contribution in [0.5, 0.6) is 5.75 Å². The average molecular weight is 359 g/mol. The predicted octanol–water partition coefficient (Wildman–Crippen LogP) is 4.90. The van der Waals surface area contributed by atoms with Crippen LogP contribution in [0, 0.1) is 0 Å². The van der Waals surface area contributed by atoms with Crippen LogP contribution in [0.2, 0.25) is 0 Å². The van der Waals surface area contributed by atoms with Crippen LogP contribution >= 0.6 is 0 Å². The zero-order chi connectivity index (χ0) is 19.5. The Bertz CT molecular complexity index is 581. The van der Waals surface area contributed by atoms with Gasteiger partial charge in [0, 0.05) is 32.2 Å². The maximum atomic E-state index is 11.0. The second-order valence-corrected chi connectivity index (χ2v) is 9.63. The van der Waals surface area contributed by atoms with Crippen molar-refractivity contribution < 1.29 is 5.11 Å². The maximum absolute atomic E-state index is 11.0. The molecule has 0 radical (unpaired) electrons. The van der Waals surface area contributed by atoms with Crippen molar-refractivity contribution in [1.82, 2.24) is 10.2 Å². The van der Waals surface area contributed by atoms with Gasteiger partial charge in [0.1, 0.15) is 5.75 Å². The molecular formula is C23H38N2O. The van der Waals surface area contributed by atoms with E-state index in [0.29, 0.717) is 11.8 Å². The van der Waals surface area contributed by atoms with Crippen LogP contribution in [0.1, 0.15) is 77.1 Å². The lowest BCUT2D eigenvalue weighted by molar-refractivity contribution is 0.166. The summed E-state index contributed by atoms with van der Waals surface area (Å²) < 4.78 is 0. The molecule has 3 nitrogen and oxygen atoms in total. The van der Waals surface area contributed by atoms with E-state index in [1.165, 1.54) is 5.56 Å². The molecule has 1 fully saturated rings. The Hall–Kier alpha value is -1.32. The predicted molar refractivity (Wildman–Crippen MR) is 112 cm³/mol. The van der Waals surface area contributed by atoms with Gasteiger partial charge in [-0.1, -0.05) is 47.6 Å².